The van der Waals surface area contributed by atoms with Crippen molar-refractivity contribution in [1.29, 1.82) is 0 Å². The van der Waals surface area contributed by atoms with Gasteiger partial charge in [0.05, 0.1) is 22.8 Å². The third-order valence-electron chi connectivity index (χ3n) is 17.6. The Bertz CT molecular complexity index is 6610. The van der Waals surface area contributed by atoms with E-state index in [1.165, 1.54) is 74.4 Å². The molecule has 0 saturated carbocycles. The summed E-state index contributed by atoms with van der Waals surface area (Å²) in [6.07, 6.45) is 6.59. The zero-order valence-electron chi connectivity index (χ0n) is 75.3. The number of carbonyl (C=O) groups is 3. The fourth-order valence-corrected chi connectivity index (χ4v) is 11.3. The summed E-state index contributed by atoms with van der Waals surface area (Å²) in [5, 5.41) is 31.3. The number of allylic oxidation sites excluding steroid dienone is 2. The van der Waals surface area contributed by atoms with Crippen molar-refractivity contribution in [3.63, 3.8) is 0 Å². The normalized spacial score (nSPS) is 10.0. The Balaban J connectivity index is 0.000000413. The number of pyridine rings is 8. The maximum absolute atomic E-state index is 13.2. The Hall–Kier alpha value is -13.5. The van der Waals surface area contributed by atoms with E-state index in [0.717, 1.165) is 86.6 Å². The minimum absolute atomic E-state index is 0. The molecule has 10 aromatic heterocycles. The van der Waals surface area contributed by atoms with Gasteiger partial charge in [-0.1, -0.05) is 183 Å². The molecule has 0 unspecified atom stereocenters. The minimum Gasteiger partial charge on any atom is -0.512 e. The quantitative estimate of drug-likeness (QED) is 0.0418. The van der Waals surface area contributed by atoms with Crippen LogP contribution in [0.25, 0.3) is 102 Å². The van der Waals surface area contributed by atoms with Crippen molar-refractivity contribution in [2.45, 2.75) is 52.9 Å². The van der Waals surface area contributed by atoms with Gasteiger partial charge in [0.15, 0.2) is 5.78 Å². The molecule has 746 valence electrons. The summed E-state index contributed by atoms with van der Waals surface area (Å²) in [7, 11) is 0. The molecule has 19 nitrogen and oxygen atoms in total. The number of hydrogen-bond acceptors (Lipinski definition) is 16. The number of hydrogen-bond donors (Lipinski definition) is 3. The van der Waals surface area contributed by atoms with Gasteiger partial charge < -0.3 is 55.3 Å². The molecule has 6 radical (unpaired) electrons. The van der Waals surface area contributed by atoms with Crippen molar-refractivity contribution in [1.82, 2.24) is 65.0 Å². The molecule has 36 heteroatoms. The molecule has 10 heterocycles. The number of aliphatic hydroxyl groups excluding tert-OH is 1. The molecule has 8 aromatic carbocycles. The van der Waals surface area contributed by atoms with E-state index in [-0.39, 0.29) is 172 Å². The van der Waals surface area contributed by atoms with Gasteiger partial charge in [-0.05, 0) is 132 Å². The van der Waals surface area contributed by atoms with Crippen LogP contribution in [0.3, 0.4) is 0 Å². The summed E-state index contributed by atoms with van der Waals surface area (Å²) < 4.78 is 139. The van der Waals surface area contributed by atoms with Crippen molar-refractivity contribution in [2.24, 2.45) is 0 Å². The monoisotopic (exact) mass is 3010 g/mol. The van der Waals surface area contributed by atoms with Gasteiger partial charge in [0.1, 0.15) is 17.2 Å². The first-order chi connectivity index (χ1) is 65.9. The Kier molecular flexibility index (Phi) is 56.0. The standard InChI is InChI=1S/C22H15N2.C14H13FN.C13H9F3N.2C11H6F2N.C11H8N.C8H4F3N4.2C6H5NO2.C5H8O2.6Ir/c1-4-10-17(11-5-1)20-16-23-21(18-12-6-2-7-13-18)22(24-20)19-14-8-3-9-15-19;1-10(2)12-7-8-16-14(9-12)11-3-5-13(15)6-4-11;1-9-6-10(12-4-2-3-5-17-12)8-11(7-9)13(14,15)16;2*12-8-4-5-9(10(13)7-8)11-3-1-2-6-14-11;1-2-6-10(7-3-1)11-8-4-5-9-12-11;9-8(10,11)7-13-6(14-15-7)5-3-1-2-4-12-5;2*8-6(9)5-3-1-2-4-7-5;1-4(6)3-5(2)7;;;;;;/h1-12,14-16H;3,5-10H,1-2H3;2-7H,1H3;2*1-4,6-7H;1-6,8-9H;1-4H;2*1-4H,(H,8,9);3,6H,1-2H3;;;;;;/q7*-1;;;;;;;;;. The second-order valence-corrected chi connectivity index (χ2v) is 28.3. The number of carboxylic acids is 2. The fourth-order valence-electron chi connectivity index (χ4n) is 11.3. The van der Waals surface area contributed by atoms with Gasteiger partial charge in [-0.2, -0.15) is 26.3 Å². The van der Waals surface area contributed by atoms with Gasteiger partial charge in [0, 0.05) is 223 Å². The Morgan fingerprint density at radius 2 is 0.790 bits per heavy atom. The average molecular weight is 3010 g/mol. The van der Waals surface area contributed by atoms with Crippen LogP contribution in [0.4, 0.5) is 48.3 Å². The number of aryl methyl sites for hydroxylation is 1. The largest absolute Gasteiger partial charge is 0.512 e. The van der Waals surface area contributed by atoms with Crippen molar-refractivity contribution < 1.29 is 199 Å². The average Bonchev–Trinajstić information content (AvgIpc) is 1.14. The summed E-state index contributed by atoms with van der Waals surface area (Å²) >= 11 is 0. The number of aliphatic hydroxyl groups is 1. The van der Waals surface area contributed by atoms with Gasteiger partial charge in [0.25, 0.3) is 0 Å². The number of ketones is 1. The second-order valence-electron chi connectivity index (χ2n) is 28.3. The molecule has 0 fully saturated rings. The number of carbonyl (C=O) groups excluding carboxylic acids is 1. The van der Waals surface area contributed by atoms with E-state index in [1.54, 1.807) is 141 Å². The molecule has 0 spiro atoms. The van der Waals surface area contributed by atoms with Crippen molar-refractivity contribution >= 4 is 17.7 Å². The predicted octanol–water partition coefficient (Wildman–Crippen LogP) is 25.3. The molecular formula is C107H79F11Ir6N13O6-7. The van der Waals surface area contributed by atoms with Crippen LogP contribution < -0.4 is 5.10 Å². The van der Waals surface area contributed by atoms with Crippen LogP contribution in [0.5, 0.6) is 0 Å². The molecule has 0 amide bonds. The Labute approximate surface area is 898 Å². The van der Waals surface area contributed by atoms with Gasteiger partial charge >= 0.3 is 24.3 Å². The molecule has 0 bridgehead atoms. The van der Waals surface area contributed by atoms with Crippen molar-refractivity contribution in [2.75, 3.05) is 0 Å². The van der Waals surface area contributed by atoms with Crippen LogP contribution in [0.15, 0.2) is 371 Å². The van der Waals surface area contributed by atoms with E-state index in [2.05, 4.69) is 117 Å². The van der Waals surface area contributed by atoms with Crippen LogP contribution in [-0.4, -0.2) is 93.0 Å². The van der Waals surface area contributed by atoms with Gasteiger partial charge in [-0.25, -0.2) is 19.6 Å². The molecule has 0 aliphatic rings. The Morgan fingerprint density at radius 3 is 1.17 bits per heavy atom. The van der Waals surface area contributed by atoms with Gasteiger partial charge in [-0.15, -0.1) is 155 Å². The Morgan fingerprint density at radius 1 is 0.371 bits per heavy atom. The zero-order valence-corrected chi connectivity index (χ0v) is 89.6. The number of benzene rings is 8. The molecule has 0 aliphatic carbocycles. The molecule has 18 aromatic rings. The zero-order chi connectivity index (χ0) is 98.5. The van der Waals surface area contributed by atoms with Gasteiger partial charge in [0.2, 0.25) is 0 Å². The number of aromatic carboxylic acids is 2. The molecule has 3 N–H and O–H groups in total. The van der Waals surface area contributed by atoms with Crippen LogP contribution in [-0.2, 0) is 138 Å². The van der Waals surface area contributed by atoms with E-state index >= 15 is 0 Å². The third-order valence-corrected chi connectivity index (χ3v) is 17.6. The second kappa shape index (κ2) is 64.8. The van der Waals surface area contributed by atoms with E-state index < -0.39 is 58.9 Å². The first-order valence-electron chi connectivity index (χ1n) is 40.9. The van der Waals surface area contributed by atoms with Crippen molar-refractivity contribution in [3.8, 4) is 102 Å². The van der Waals surface area contributed by atoms with Crippen LogP contribution in [0, 0.1) is 72.4 Å². The van der Waals surface area contributed by atoms with Crippen molar-refractivity contribution in [3.05, 3.63) is 470 Å². The number of halogens is 11. The van der Waals surface area contributed by atoms with E-state index in [1.807, 2.05) is 134 Å². The molecule has 0 aliphatic heterocycles. The summed E-state index contributed by atoms with van der Waals surface area (Å²) in [5.41, 5.74) is 12.9. The fraction of sp³-hybridized carbons (Fsp3) is 0.0748. The molecular weight excluding hydrogens is 2930 g/mol. The van der Waals surface area contributed by atoms with E-state index in [9.17, 15) is 62.7 Å². The summed E-state index contributed by atoms with van der Waals surface area (Å²) in [4.78, 5) is 74.5. The number of carboxylic acid groups (broad SMARTS) is 2. The summed E-state index contributed by atoms with van der Waals surface area (Å²) in [6, 6.07) is 103. The first kappa shape index (κ1) is 124. The van der Waals surface area contributed by atoms with Gasteiger partial charge in [-0.3, -0.25) is 41.8 Å². The molecule has 143 heavy (non-hydrogen) atoms. The number of nitrogens with zero attached hydrogens (tertiary/aromatic N) is 13. The maximum atomic E-state index is 13.2. The third kappa shape index (κ3) is 43.0. The number of aromatic nitrogens is 13. The minimum atomic E-state index is -4.57. The summed E-state index contributed by atoms with van der Waals surface area (Å²) in [5.74, 6) is -5.80. The van der Waals surface area contributed by atoms with E-state index in [0.29, 0.717) is 34.1 Å². The first-order valence-corrected chi connectivity index (χ1v) is 40.9. The number of alkyl halides is 6. The summed E-state index contributed by atoms with van der Waals surface area (Å²) in [6.45, 7) is 8.73. The SMILES string of the molecule is CC(=O)C=C(C)O.CC(C)c1ccnc(-c2[c-]cc(F)cc2)c1.Cc1cc(-c2ccccn2)[c-]c(C(F)(F)F)c1.FC(F)(F)c1n[n-]c(-c2ccccn2)n1.Fc1c[c-]c(-c2ccccn2)c(F)c1.Fc1c[c-]c(-c2ccccn2)c(F)c1.O=C(O)c1ccccn1.O=C(O)c1ccccn1.[Ir].[Ir].[Ir].[Ir].[Ir].[Ir].[c-]1ccccc1-c1ccccn1.[c-]1ccccc1-c1ncc(-c2ccccc2)nc1-c1ccccc1. The maximum Gasteiger partial charge on any atom is 0.429 e. The molecule has 0 atom stereocenters. The smallest absolute Gasteiger partial charge is 0.429 e. The predicted molar refractivity (Wildman–Crippen MR) is 496 cm³/mol. The van der Waals surface area contributed by atoms with Crippen LogP contribution >= 0.6 is 0 Å². The van der Waals surface area contributed by atoms with Crippen LogP contribution in [0.1, 0.15) is 77.1 Å². The van der Waals surface area contributed by atoms with E-state index in [4.69, 9.17) is 25.3 Å². The number of rotatable bonds is 13. The van der Waals surface area contributed by atoms with Crippen LogP contribution in [0.2, 0.25) is 0 Å². The molecule has 18 rings (SSSR count). The molecule has 0 saturated heterocycles. The topological polar surface area (TPSA) is 281 Å².